The van der Waals surface area contributed by atoms with Gasteiger partial charge in [-0.15, -0.1) is 0 Å². The molecule has 3 amide bonds. The van der Waals surface area contributed by atoms with E-state index in [1.165, 1.54) is 0 Å². The summed E-state index contributed by atoms with van der Waals surface area (Å²) in [6, 6.07) is 15.4. The van der Waals surface area contributed by atoms with E-state index in [0.29, 0.717) is 18.0 Å². The van der Waals surface area contributed by atoms with Crippen LogP contribution in [0.25, 0.3) is 0 Å². The van der Waals surface area contributed by atoms with Gasteiger partial charge in [0.2, 0.25) is 0 Å². The third kappa shape index (κ3) is 6.48. The summed E-state index contributed by atoms with van der Waals surface area (Å²) >= 11 is 0. The molecule has 0 saturated carbocycles. The first-order valence-corrected chi connectivity index (χ1v) is 11.1. The zero-order valence-electron chi connectivity index (χ0n) is 18.9. The van der Waals surface area contributed by atoms with Crippen molar-refractivity contribution >= 4 is 23.3 Å². The summed E-state index contributed by atoms with van der Waals surface area (Å²) in [6.07, 6.45) is 2.97. The Morgan fingerprint density at radius 2 is 1.81 bits per heavy atom. The first-order chi connectivity index (χ1) is 14.9. The van der Waals surface area contributed by atoms with Gasteiger partial charge in [-0.2, -0.15) is 0 Å². The van der Waals surface area contributed by atoms with E-state index in [4.69, 9.17) is 0 Å². The van der Waals surface area contributed by atoms with E-state index in [9.17, 15) is 9.59 Å². The number of carbonyl (C=O) groups is 2. The Labute approximate surface area is 185 Å². The largest absolute Gasteiger partial charge is 0.375 e. The number of nitrogens with one attached hydrogen (secondary N) is 2. The number of amides is 3. The van der Waals surface area contributed by atoms with Gasteiger partial charge in [0, 0.05) is 50.2 Å². The van der Waals surface area contributed by atoms with Crippen LogP contribution in [0.2, 0.25) is 0 Å². The van der Waals surface area contributed by atoms with Gasteiger partial charge in [-0.3, -0.25) is 4.79 Å². The summed E-state index contributed by atoms with van der Waals surface area (Å²) in [5, 5.41) is 5.80. The molecule has 2 aromatic rings. The second kappa shape index (κ2) is 10.8. The van der Waals surface area contributed by atoms with Crippen LogP contribution >= 0.6 is 0 Å². The molecular weight excluding hydrogens is 388 g/mol. The van der Waals surface area contributed by atoms with Crippen LogP contribution in [0.4, 0.5) is 16.2 Å². The van der Waals surface area contributed by atoms with Gasteiger partial charge >= 0.3 is 6.03 Å². The zero-order valence-corrected chi connectivity index (χ0v) is 18.9. The Hall–Kier alpha value is -3.02. The highest BCUT2D eigenvalue weighted by Gasteiger charge is 2.21. The van der Waals surface area contributed by atoms with E-state index >= 15 is 0 Å². The number of urea groups is 1. The van der Waals surface area contributed by atoms with E-state index in [2.05, 4.69) is 34.6 Å². The molecule has 166 valence electrons. The van der Waals surface area contributed by atoms with Gasteiger partial charge in [0.15, 0.2) is 0 Å². The van der Waals surface area contributed by atoms with Crippen LogP contribution in [0, 0.1) is 12.8 Å². The summed E-state index contributed by atoms with van der Waals surface area (Å²) in [5.74, 6) is 0.767. The third-order valence-electron chi connectivity index (χ3n) is 5.95. The van der Waals surface area contributed by atoms with Gasteiger partial charge in [-0.1, -0.05) is 25.1 Å². The molecule has 0 bridgehead atoms. The zero-order chi connectivity index (χ0) is 22.2. The summed E-state index contributed by atoms with van der Waals surface area (Å²) in [5.41, 5.74) is 3.45. The molecule has 1 aliphatic rings. The number of benzene rings is 2. The van der Waals surface area contributed by atoms with Crippen LogP contribution in [0.15, 0.2) is 48.5 Å². The molecule has 6 nitrogen and oxygen atoms in total. The minimum absolute atomic E-state index is 0.0773. The molecule has 1 fully saturated rings. The lowest BCUT2D eigenvalue weighted by Gasteiger charge is -2.30. The van der Waals surface area contributed by atoms with Crippen LogP contribution < -0.4 is 15.5 Å². The molecule has 6 heteroatoms. The Balaban J connectivity index is 1.44. The van der Waals surface area contributed by atoms with E-state index in [1.54, 1.807) is 6.07 Å². The Bertz CT molecular complexity index is 876. The molecule has 1 saturated heterocycles. The number of piperidine rings is 1. The monoisotopic (exact) mass is 422 g/mol. The normalized spacial score (nSPS) is 14.2. The quantitative estimate of drug-likeness (QED) is 0.645. The van der Waals surface area contributed by atoms with Crippen LogP contribution in [-0.4, -0.2) is 50.1 Å². The number of likely N-dealkylation sites (tertiary alicyclic amines) is 1. The average Bonchev–Trinajstić information content (AvgIpc) is 2.78. The maximum Gasteiger partial charge on any atom is 0.319 e. The molecule has 1 aliphatic heterocycles. The van der Waals surface area contributed by atoms with Crippen molar-refractivity contribution in [2.45, 2.75) is 33.1 Å². The van der Waals surface area contributed by atoms with E-state index in [0.717, 1.165) is 55.8 Å². The molecule has 31 heavy (non-hydrogen) atoms. The van der Waals surface area contributed by atoms with Gasteiger partial charge in [0.1, 0.15) is 0 Å². The first kappa shape index (κ1) is 22.7. The van der Waals surface area contributed by atoms with Gasteiger partial charge < -0.3 is 20.4 Å². The second-order valence-corrected chi connectivity index (χ2v) is 8.50. The van der Waals surface area contributed by atoms with Crippen molar-refractivity contribution in [1.29, 1.82) is 0 Å². The highest BCUT2D eigenvalue weighted by Crippen LogP contribution is 2.21. The number of hydrogen-bond acceptors (Lipinski definition) is 3. The lowest BCUT2D eigenvalue weighted by molar-refractivity contribution is 0.0697. The van der Waals surface area contributed by atoms with Crippen molar-refractivity contribution in [3.05, 3.63) is 59.7 Å². The maximum atomic E-state index is 12.7. The number of anilines is 2. The predicted molar refractivity (Wildman–Crippen MR) is 127 cm³/mol. The number of para-hydroxylation sites is 1. The van der Waals surface area contributed by atoms with Gasteiger partial charge in [0.05, 0.1) is 0 Å². The molecular formula is C25H34N4O2. The van der Waals surface area contributed by atoms with Crippen molar-refractivity contribution in [3.8, 4) is 0 Å². The Morgan fingerprint density at radius 3 is 2.48 bits per heavy atom. The van der Waals surface area contributed by atoms with Gasteiger partial charge in [-0.25, -0.2) is 4.79 Å². The van der Waals surface area contributed by atoms with E-state index in [1.807, 2.05) is 49.2 Å². The molecule has 0 spiro atoms. The number of aryl methyl sites for hydroxylation is 1. The molecule has 0 aliphatic carbocycles. The molecule has 0 radical (unpaired) electrons. The van der Waals surface area contributed by atoms with Crippen LogP contribution in [0.3, 0.4) is 0 Å². The minimum Gasteiger partial charge on any atom is -0.375 e. The predicted octanol–water partition coefficient (Wildman–Crippen LogP) is 4.52. The van der Waals surface area contributed by atoms with Crippen molar-refractivity contribution in [2.24, 2.45) is 5.92 Å². The Kier molecular flexibility index (Phi) is 7.93. The van der Waals surface area contributed by atoms with E-state index < -0.39 is 0 Å². The SMILES string of the molecule is Cc1cc(C(=O)N2CCC(C)CC2)ccc1NC(=O)NCCCN(C)c1ccccc1. The number of nitrogens with zero attached hydrogens (tertiary/aromatic N) is 2. The molecule has 0 unspecified atom stereocenters. The first-order valence-electron chi connectivity index (χ1n) is 11.1. The lowest BCUT2D eigenvalue weighted by Crippen LogP contribution is -2.38. The molecule has 3 rings (SSSR count). The van der Waals surface area contributed by atoms with Gasteiger partial charge in [0.25, 0.3) is 5.91 Å². The van der Waals surface area contributed by atoms with E-state index in [-0.39, 0.29) is 11.9 Å². The fraction of sp³-hybridized carbons (Fsp3) is 0.440. The lowest BCUT2D eigenvalue weighted by atomic mass is 9.98. The fourth-order valence-corrected chi connectivity index (χ4v) is 3.83. The highest BCUT2D eigenvalue weighted by atomic mass is 16.2. The summed E-state index contributed by atoms with van der Waals surface area (Å²) in [7, 11) is 2.05. The minimum atomic E-state index is -0.227. The topological polar surface area (TPSA) is 64.7 Å². The van der Waals surface area contributed by atoms with Gasteiger partial charge in [-0.05, 0) is 68.0 Å². The number of rotatable bonds is 7. The van der Waals surface area contributed by atoms with Crippen LogP contribution in [0.5, 0.6) is 0 Å². The maximum absolute atomic E-state index is 12.7. The standard InChI is InChI=1S/C25H34N4O2/c1-19-12-16-29(17-13-19)24(30)21-10-11-23(20(2)18-21)27-25(31)26-14-7-15-28(3)22-8-5-4-6-9-22/h4-6,8-11,18-19H,7,12-17H2,1-3H3,(H2,26,27,31). The summed E-state index contributed by atoms with van der Waals surface area (Å²) in [4.78, 5) is 29.1. The smallest absolute Gasteiger partial charge is 0.319 e. The average molecular weight is 423 g/mol. The highest BCUT2D eigenvalue weighted by molar-refractivity contribution is 5.96. The number of hydrogen-bond donors (Lipinski definition) is 2. The van der Waals surface area contributed by atoms with Crippen molar-refractivity contribution in [2.75, 3.05) is 43.4 Å². The summed E-state index contributed by atoms with van der Waals surface area (Å²) in [6.45, 7) is 7.24. The van der Waals surface area contributed by atoms with Crippen molar-refractivity contribution in [3.63, 3.8) is 0 Å². The molecule has 0 atom stereocenters. The van der Waals surface area contributed by atoms with Crippen LogP contribution in [0.1, 0.15) is 42.1 Å². The Morgan fingerprint density at radius 1 is 1.10 bits per heavy atom. The molecule has 0 aromatic heterocycles. The molecule has 2 aromatic carbocycles. The van der Waals surface area contributed by atoms with Crippen molar-refractivity contribution in [1.82, 2.24) is 10.2 Å². The van der Waals surface area contributed by atoms with Crippen molar-refractivity contribution < 1.29 is 9.59 Å². The summed E-state index contributed by atoms with van der Waals surface area (Å²) < 4.78 is 0. The number of carbonyl (C=O) groups excluding carboxylic acids is 2. The van der Waals surface area contributed by atoms with Crippen LogP contribution in [-0.2, 0) is 0 Å². The molecule has 2 N–H and O–H groups in total. The fourth-order valence-electron chi connectivity index (χ4n) is 3.83. The molecule has 1 heterocycles. The second-order valence-electron chi connectivity index (χ2n) is 8.50. The third-order valence-corrected chi connectivity index (χ3v) is 5.95.